The van der Waals surface area contributed by atoms with Crippen LogP contribution in [0.2, 0.25) is 4.34 Å². The van der Waals surface area contributed by atoms with Crippen molar-refractivity contribution in [3.63, 3.8) is 0 Å². The molecule has 1 saturated carbocycles. The van der Waals surface area contributed by atoms with Gasteiger partial charge >= 0.3 is 0 Å². The minimum Gasteiger partial charge on any atom is -0.313 e. The number of hydrogen-bond donors (Lipinski definition) is 1. The van der Waals surface area contributed by atoms with Crippen molar-refractivity contribution in [3.05, 3.63) is 21.3 Å². The molecule has 0 spiro atoms. The number of hydrogen-bond acceptors (Lipinski definition) is 2. The van der Waals surface area contributed by atoms with Gasteiger partial charge in [-0.15, -0.1) is 11.3 Å². The summed E-state index contributed by atoms with van der Waals surface area (Å²) in [6.07, 6.45) is 7.97. The fraction of sp³-hybridized carbons (Fsp3) is 0.778. The summed E-state index contributed by atoms with van der Waals surface area (Å²) in [5.74, 6) is 2.64. The van der Waals surface area contributed by atoms with E-state index >= 15 is 0 Å². The molecule has 0 amide bonds. The quantitative estimate of drug-likeness (QED) is 0.669. The van der Waals surface area contributed by atoms with E-state index in [4.69, 9.17) is 11.6 Å². The molecule has 1 aromatic rings. The lowest BCUT2D eigenvalue weighted by atomic mass is 9.74. The Morgan fingerprint density at radius 2 is 1.86 bits per heavy atom. The minimum atomic E-state index is 0.632. The van der Waals surface area contributed by atoms with Crippen LogP contribution in [-0.2, 0) is 6.42 Å². The molecule has 1 aliphatic carbocycles. The Kier molecular flexibility index (Phi) is 7.04. The van der Waals surface area contributed by atoms with Crippen LogP contribution in [0.1, 0.15) is 57.8 Å². The Labute approximate surface area is 139 Å². The first-order valence-corrected chi connectivity index (χ1v) is 9.77. The molecule has 0 bridgehead atoms. The lowest BCUT2D eigenvalue weighted by Crippen LogP contribution is -2.40. The Hall–Kier alpha value is -0.0500. The van der Waals surface area contributed by atoms with Crippen LogP contribution in [-0.4, -0.2) is 12.6 Å². The zero-order valence-corrected chi connectivity index (χ0v) is 15.3. The average molecular weight is 328 g/mol. The molecule has 1 nitrogen and oxygen atoms in total. The molecule has 0 saturated heterocycles. The van der Waals surface area contributed by atoms with Gasteiger partial charge in [-0.05, 0) is 75.0 Å². The minimum absolute atomic E-state index is 0.632. The molecule has 1 N–H and O–H groups in total. The molecule has 2 rings (SSSR count). The van der Waals surface area contributed by atoms with E-state index in [1.165, 1.54) is 37.0 Å². The molecule has 3 heteroatoms. The highest BCUT2D eigenvalue weighted by Gasteiger charge is 2.28. The Bertz CT molecular complexity index is 407. The van der Waals surface area contributed by atoms with Gasteiger partial charge in [-0.3, -0.25) is 0 Å². The summed E-state index contributed by atoms with van der Waals surface area (Å²) < 4.78 is 0.919. The van der Waals surface area contributed by atoms with Gasteiger partial charge in [0, 0.05) is 10.9 Å². The molecule has 1 atom stereocenters. The maximum absolute atomic E-state index is 6.09. The second kappa shape index (κ2) is 8.55. The zero-order chi connectivity index (χ0) is 15.2. The summed E-state index contributed by atoms with van der Waals surface area (Å²) in [5, 5.41) is 3.80. The smallest absolute Gasteiger partial charge is 0.0931 e. The summed E-state index contributed by atoms with van der Waals surface area (Å²) in [7, 11) is 0. The van der Waals surface area contributed by atoms with Crippen LogP contribution in [0, 0.1) is 17.8 Å². The van der Waals surface area contributed by atoms with E-state index in [9.17, 15) is 0 Å². The van der Waals surface area contributed by atoms with E-state index in [1.807, 2.05) is 6.07 Å². The molecule has 1 unspecified atom stereocenters. The predicted octanol–water partition coefficient (Wildman–Crippen LogP) is 5.77. The molecule has 1 heterocycles. The average Bonchev–Trinajstić information content (AvgIpc) is 2.89. The summed E-state index contributed by atoms with van der Waals surface area (Å²) in [5.41, 5.74) is 0. The maximum Gasteiger partial charge on any atom is 0.0931 e. The van der Waals surface area contributed by atoms with Crippen molar-refractivity contribution in [3.8, 4) is 0 Å². The normalized spacial score (nSPS) is 24.4. The highest BCUT2D eigenvalue weighted by molar-refractivity contribution is 7.16. The first kappa shape index (κ1) is 17.3. The van der Waals surface area contributed by atoms with Crippen LogP contribution in [0.25, 0.3) is 0 Å². The van der Waals surface area contributed by atoms with E-state index < -0.39 is 0 Å². The monoisotopic (exact) mass is 327 g/mol. The van der Waals surface area contributed by atoms with Gasteiger partial charge in [-0.1, -0.05) is 32.4 Å². The van der Waals surface area contributed by atoms with E-state index in [2.05, 4.69) is 32.2 Å². The first-order chi connectivity index (χ1) is 10.1. The van der Waals surface area contributed by atoms with Crippen LogP contribution in [0.5, 0.6) is 0 Å². The molecule has 120 valence electrons. The van der Waals surface area contributed by atoms with Crippen molar-refractivity contribution in [1.82, 2.24) is 5.32 Å². The van der Waals surface area contributed by atoms with E-state index in [0.29, 0.717) is 6.04 Å². The number of rotatable bonds is 7. The zero-order valence-electron chi connectivity index (χ0n) is 13.7. The first-order valence-electron chi connectivity index (χ1n) is 8.57. The fourth-order valence-corrected chi connectivity index (χ4v) is 4.77. The van der Waals surface area contributed by atoms with Crippen molar-refractivity contribution in [2.45, 2.75) is 65.3 Å². The summed E-state index contributed by atoms with van der Waals surface area (Å²) >= 11 is 7.83. The SMILES string of the molecule is CCCNC(Cc1ccc(Cl)s1)C1CCC(C(C)C)CC1. The van der Waals surface area contributed by atoms with Crippen molar-refractivity contribution >= 4 is 22.9 Å². The summed E-state index contributed by atoms with van der Waals surface area (Å²) in [6.45, 7) is 8.15. The number of halogens is 1. The van der Waals surface area contributed by atoms with Crippen molar-refractivity contribution in [1.29, 1.82) is 0 Å². The summed E-state index contributed by atoms with van der Waals surface area (Å²) in [4.78, 5) is 1.43. The van der Waals surface area contributed by atoms with Gasteiger partial charge in [0.2, 0.25) is 0 Å². The van der Waals surface area contributed by atoms with E-state index in [0.717, 1.165) is 35.1 Å². The van der Waals surface area contributed by atoms with E-state index in [1.54, 1.807) is 11.3 Å². The summed E-state index contributed by atoms with van der Waals surface area (Å²) in [6, 6.07) is 4.87. The van der Waals surface area contributed by atoms with Crippen molar-refractivity contribution in [2.75, 3.05) is 6.54 Å². The lowest BCUT2D eigenvalue weighted by molar-refractivity contribution is 0.188. The molecule has 1 aliphatic rings. The van der Waals surface area contributed by atoms with Crippen LogP contribution < -0.4 is 5.32 Å². The van der Waals surface area contributed by atoms with Gasteiger partial charge < -0.3 is 5.32 Å². The maximum atomic E-state index is 6.09. The van der Waals surface area contributed by atoms with Gasteiger partial charge in [-0.25, -0.2) is 0 Å². The molecule has 0 aliphatic heterocycles. The van der Waals surface area contributed by atoms with Gasteiger partial charge in [-0.2, -0.15) is 0 Å². The Balaban J connectivity index is 1.93. The van der Waals surface area contributed by atoms with Crippen LogP contribution >= 0.6 is 22.9 Å². The molecule has 21 heavy (non-hydrogen) atoms. The van der Waals surface area contributed by atoms with Crippen LogP contribution in [0.3, 0.4) is 0 Å². The highest BCUT2D eigenvalue weighted by atomic mass is 35.5. The largest absolute Gasteiger partial charge is 0.313 e. The standard InChI is InChI=1S/C18H30ClNS/c1-4-11-20-17(12-16-9-10-18(19)21-16)15-7-5-14(6-8-15)13(2)3/h9-10,13-15,17,20H,4-8,11-12H2,1-3H3. The second-order valence-corrected chi connectivity index (χ2v) is 8.69. The third-order valence-electron chi connectivity index (χ3n) is 5.03. The third-order valence-corrected chi connectivity index (χ3v) is 6.29. The molecular formula is C18H30ClNS. The van der Waals surface area contributed by atoms with Crippen LogP contribution in [0.15, 0.2) is 12.1 Å². The van der Waals surface area contributed by atoms with Gasteiger partial charge in [0.1, 0.15) is 0 Å². The number of nitrogens with one attached hydrogen (secondary N) is 1. The molecular weight excluding hydrogens is 298 g/mol. The third kappa shape index (κ3) is 5.26. The van der Waals surface area contributed by atoms with Crippen molar-refractivity contribution in [2.24, 2.45) is 17.8 Å². The van der Waals surface area contributed by atoms with Crippen LogP contribution in [0.4, 0.5) is 0 Å². The predicted molar refractivity (Wildman–Crippen MR) is 95.4 cm³/mol. The molecule has 1 aromatic heterocycles. The fourth-order valence-electron chi connectivity index (χ4n) is 3.63. The van der Waals surface area contributed by atoms with Crippen molar-refractivity contribution < 1.29 is 0 Å². The van der Waals surface area contributed by atoms with Gasteiger partial charge in [0.25, 0.3) is 0 Å². The molecule has 0 aromatic carbocycles. The second-order valence-electron chi connectivity index (χ2n) is 6.89. The highest BCUT2D eigenvalue weighted by Crippen LogP contribution is 2.36. The van der Waals surface area contributed by atoms with Gasteiger partial charge in [0.05, 0.1) is 4.34 Å². The lowest BCUT2D eigenvalue weighted by Gasteiger charge is -2.36. The van der Waals surface area contributed by atoms with Gasteiger partial charge in [0.15, 0.2) is 0 Å². The molecule has 0 radical (unpaired) electrons. The Morgan fingerprint density at radius 3 is 2.38 bits per heavy atom. The topological polar surface area (TPSA) is 12.0 Å². The number of thiophene rings is 1. The molecule has 1 fully saturated rings. The Morgan fingerprint density at radius 1 is 1.19 bits per heavy atom. The van der Waals surface area contributed by atoms with E-state index in [-0.39, 0.29) is 0 Å².